The smallest absolute Gasteiger partial charge is 0.256 e. The van der Waals surface area contributed by atoms with E-state index < -0.39 is 0 Å². The van der Waals surface area contributed by atoms with E-state index in [9.17, 15) is 0 Å². The Morgan fingerprint density at radius 2 is 2.06 bits per heavy atom. The van der Waals surface area contributed by atoms with E-state index in [-0.39, 0.29) is 11.6 Å². The molecule has 0 aliphatic rings. The molecule has 4 nitrogen and oxygen atoms in total. The van der Waals surface area contributed by atoms with Crippen LogP contribution in [-0.2, 0) is 0 Å². The maximum Gasteiger partial charge on any atom is 0.256 e. The SMILES string of the molecule is Cc1ccc(Cl)cc1Oc1nccnc1C#N. The molecule has 84 valence electrons. The topological polar surface area (TPSA) is 58.8 Å². The van der Waals surface area contributed by atoms with Crippen molar-refractivity contribution in [1.82, 2.24) is 9.97 Å². The van der Waals surface area contributed by atoms with Gasteiger partial charge in [-0.1, -0.05) is 17.7 Å². The van der Waals surface area contributed by atoms with Gasteiger partial charge < -0.3 is 4.74 Å². The highest BCUT2D eigenvalue weighted by molar-refractivity contribution is 6.30. The van der Waals surface area contributed by atoms with E-state index >= 15 is 0 Å². The van der Waals surface area contributed by atoms with Crippen molar-refractivity contribution in [3.05, 3.63) is 46.9 Å². The number of hydrogen-bond acceptors (Lipinski definition) is 4. The monoisotopic (exact) mass is 245 g/mol. The molecular formula is C12H8ClN3O. The van der Waals surface area contributed by atoms with Gasteiger partial charge >= 0.3 is 0 Å². The lowest BCUT2D eigenvalue weighted by Gasteiger charge is -2.08. The van der Waals surface area contributed by atoms with Gasteiger partial charge in [0.1, 0.15) is 11.8 Å². The summed E-state index contributed by atoms with van der Waals surface area (Å²) < 4.78 is 5.53. The Hall–Kier alpha value is -2.12. The predicted octanol–water partition coefficient (Wildman–Crippen LogP) is 3.10. The quantitative estimate of drug-likeness (QED) is 0.816. The van der Waals surface area contributed by atoms with Crippen LogP contribution in [0.4, 0.5) is 0 Å². The molecule has 2 rings (SSSR count). The number of hydrogen-bond donors (Lipinski definition) is 0. The first-order valence-electron chi connectivity index (χ1n) is 4.86. The van der Waals surface area contributed by atoms with E-state index in [1.54, 1.807) is 12.1 Å². The van der Waals surface area contributed by atoms with Crippen molar-refractivity contribution in [2.45, 2.75) is 6.92 Å². The van der Waals surface area contributed by atoms with E-state index in [0.717, 1.165) is 5.56 Å². The van der Waals surface area contributed by atoms with Crippen LogP contribution in [-0.4, -0.2) is 9.97 Å². The van der Waals surface area contributed by atoms with Gasteiger partial charge in [-0.15, -0.1) is 0 Å². The highest BCUT2D eigenvalue weighted by Crippen LogP contribution is 2.27. The summed E-state index contributed by atoms with van der Waals surface area (Å²) in [5.74, 6) is 0.745. The van der Waals surface area contributed by atoms with E-state index in [0.29, 0.717) is 10.8 Å². The third-order valence-electron chi connectivity index (χ3n) is 2.13. The summed E-state index contributed by atoms with van der Waals surface area (Å²) in [4.78, 5) is 7.83. The highest BCUT2D eigenvalue weighted by Gasteiger charge is 2.08. The molecule has 0 fully saturated rings. The Labute approximate surface area is 103 Å². The maximum atomic E-state index is 8.86. The number of aromatic nitrogens is 2. The van der Waals surface area contributed by atoms with E-state index in [4.69, 9.17) is 21.6 Å². The van der Waals surface area contributed by atoms with Crippen molar-refractivity contribution in [2.24, 2.45) is 0 Å². The van der Waals surface area contributed by atoms with Gasteiger partial charge in [0.05, 0.1) is 0 Å². The minimum Gasteiger partial charge on any atom is -0.436 e. The van der Waals surface area contributed by atoms with Crippen LogP contribution in [0.15, 0.2) is 30.6 Å². The maximum absolute atomic E-state index is 8.86. The lowest BCUT2D eigenvalue weighted by molar-refractivity contribution is 0.455. The Bertz CT molecular complexity index is 593. The van der Waals surface area contributed by atoms with Crippen molar-refractivity contribution < 1.29 is 4.74 Å². The third kappa shape index (κ3) is 2.52. The second-order valence-electron chi connectivity index (χ2n) is 3.33. The molecule has 0 aliphatic heterocycles. The van der Waals surface area contributed by atoms with Gasteiger partial charge in [0.25, 0.3) is 5.88 Å². The number of nitrogens with zero attached hydrogens (tertiary/aromatic N) is 3. The zero-order valence-corrected chi connectivity index (χ0v) is 9.77. The zero-order chi connectivity index (χ0) is 12.3. The highest BCUT2D eigenvalue weighted by atomic mass is 35.5. The molecule has 0 bridgehead atoms. The molecular weight excluding hydrogens is 238 g/mol. The normalized spacial score (nSPS) is 9.71. The lowest BCUT2D eigenvalue weighted by atomic mass is 10.2. The predicted molar refractivity (Wildman–Crippen MR) is 63.0 cm³/mol. The van der Waals surface area contributed by atoms with Crippen LogP contribution in [0.2, 0.25) is 5.02 Å². The number of nitriles is 1. The van der Waals surface area contributed by atoms with Gasteiger partial charge in [0.15, 0.2) is 0 Å². The molecule has 0 saturated carbocycles. The minimum absolute atomic E-state index is 0.145. The molecule has 0 atom stereocenters. The largest absolute Gasteiger partial charge is 0.436 e. The molecule has 0 spiro atoms. The standard InChI is InChI=1S/C12H8ClN3O/c1-8-2-3-9(13)6-11(8)17-12-10(7-14)15-4-5-16-12/h2-6H,1H3. The van der Waals surface area contributed by atoms with E-state index in [1.165, 1.54) is 12.4 Å². The summed E-state index contributed by atoms with van der Waals surface area (Å²) in [5.41, 5.74) is 1.05. The Kier molecular flexibility index (Phi) is 3.22. The Balaban J connectivity index is 2.38. The van der Waals surface area contributed by atoms with Crippen molar-refractivity contribution >= 4 is 11.6 Å². The molecule has 0 unspecified atom stereocenters. The van der Waals surface area contributed by atoms with Crippen molar-refractivity contribution in [2.75, 3.05) is 0 Å². The van der Waals surface area contributed by atoms with Crippen molar-refractivity contribution in [1.29, 1.82) is 5.26 Å². The Morgan fingerprint density at radius 3 is 2.82 bits per heavy atom. The van der Waals surface area contributed by atoms with Crippen LogP contribution in [0, 0.1) is 18.3 Å². The van der Waals surface area contributed by atoms with Gasteiger partial charge in [-0.05, 0) is 24.6 Å². The number of rotatable bonds is 2. The number of benzene rings is 1. The summed E-state index contributed by atoms with van der Waals surface area (Å²) in [6.45, 7) is 1.88. The first kappa shape index (κ1) is 11.4. The second-order valence-corrected chi connectivity index (χ2v) is 3.77. The first-order valence-corrected chi connectivity index (χ1v) is 5.23. The van der Waals surface area contributed by atoms with Crippen LogP contribution in [0.25, 0.3) is 0 Å². The summed E-state index contributed by atoms with van der Waals surface area (Å²) in [6.07, 6.45) is 2.91. The number of ether oxygens (including phenoxy) is 1. The molecule has 1 aromatic carbocycles. The molecule has 0 amide bonds. The van der Waals surface area contributed by atoms with Crippen LogP contribution < -0.4 is 4.74 Å². The average Bonchev–Trinajstić information content (AvgIpc) is 2.34. The molecule has 2 aromatic rings. The molecule has 0 N–H and O–H groups in total. The molecule has 0 aliphatic carbocycles. The fourth-order valence-electron chi connectivity index (χ4n) is 1.26. The summed E-state index contributed by atoms with van der Waals surface area (Å²) >= 11 is 5.88. The van der Waals surface area contributed by atoms with E-state index in [1.807, 2.05) is 19.1 Å². The zero-order valence-electron chi connectivity index (χ0n) is 9.01. The van der Waals surface area contributed by atoms with Gasteiger partial charge in [-0.25, -0.2) is 9.97 Å². The fourth-order valence-corrected chi connectivity index (χ4v) is 1.43. The fraction of sp³-hybridized carbons (Fsp3) is 0.0833. The average molecular weight is 246 g/mol. The molecule has 17 heavy (non-hydrogen) atoms. The Morgan fingerprint density at radius 1 is 1.29 bits per heavy atom. The van der Waals surface area contributed by atoms with Crippen LogP contribution in [0.5, 0.6) is 11.6 Å². The molecule has 0 radical (unpaired) electrons. The summed E-state index contributed by atoms with van der Waals surface area (Å²) in [5, 5.41) is 9.42. The van der Waals surface area contributed by atoms with Crippen molar-refractivity contribution in [3.63, 3.8) is 0 Å². The molecule has 5 heteroatoms. The summed E-state index contributed by atoms with van der Waals surface area (Å²) in [6, 6.07) is 7.19. The number of halogens is 1. The van der Waals surface area contributed by atoms with Gasteiger partial charge in [-0.2, -0.15) is 5.26 Å². The third-order valence-corrected chi connectivity index (χ3v) is 2.36. The van der Waals surface area contributed by atoms with Crippen molar-refractivity contribution in [3.8, 4) is 17.7 Å². The lowest BCUT2D eigenvalue weighted by Crippen LogP contribution is -1.95. The van der Waals surface area contributed by atoms with Gasteiger partial charge in [-0.3, -0.25) is 0 Å². The van der Waals surface area contributed by atoms with E-state index in [2.05, 4.69) is 9.97 Å². The van der Waals surface area contributed by atoms with Crippen LogP contribution >= 0.6 is 11.6 Å². The van der Waals surface area contributed by atoms with Crippen LogP contribution in [0.1, 0.15) is 11.3 Å². The minimum atomic E-state index is 0.145. The molecule has 1 aromatic heterocycles. The van der Waals surface area contributed by atoms with Gasteiger partial charge in [0, 0.05) is 17.4 Å². The first-order chi connectivity index (χ1) is 8.20. The second kappa shape index (κ2) is 4.81. The molecule has 1 heterocycles. The van der Waals surface area contributed by atoms with Crippen LogP contribution in [0.3, 0.4) is 0 Å². The number of aryl methyl sites for hydroxylation is 1. The molecule has 0 saturated heterocycles. The summed E-state index contributed by atoms with van der Waals surface area (Å²) in [7, 11) is 0. The van der Waals surface area contributed by atoms with Gasteiger partial charge in [0.2, 0.25) is 5.69 Å².